The van der Waals surface area contributed by atoms with Crippen LogP contribution in [0.1, 0.15) is 25.3 Å². The van der Waals surface area contributed by atoms with Gasteiger partial charge in [0.25, 0.3) is 0 Å². The molecule has 1 unspecified atom stereocenters. The topological polar surface area (TPSA) is 35.2 Å². The third-order valence-electron chi connectivity index (χ3n) is 3.28. The molecule has 88 valence electrons. The molecule has 2 nitrogen and oxygen atoms in total. The standard InChI is InChI=1S/C13H18FNO/c1-10(15)6-7-13(8-16-9-13)11-4-2-3-5-12(11)14/h2-5,10H,6-9,15H2,1H3. The molecule has 2 N–H and O–H groups in total. The Hall–Kier alpha value is -0.930. The van der Waals surface area contributed by atoms with E-state index in [-0.39, 0.29) is 17.3 Å². The molecule has 0 bridgehead atoms. The molecule has 1 aromatic carbocycles. The van der Waals surface area contributed by atoms with E-state index in [1.165, 1.54) is 6.07 Å². The summed E-state index contributed by atoms with van der Waals surface area (Å²) >= 11 is 0. The van der Waals surface area contributed by atoms with Crippen molar-refractivity contribution in [3.05, 3.63) is 35.6 Å². The third kappa shape index (κ3) is 2.11. The Bertz CT molecular complexity index is 361. The quantitative estimate of drug-likeness (QED) is 0.849. The normalized spacial score (nSPS) is 20.2. The van der Waals surface area contributed by atoms with Gasteiger partial charge in [-0.15, -0.1) is 0 Å². The smallest absolute Gasteiger partial charge is 0.127 e. The predicted molar refractivity (Wildman–Crippen MR) is 61.8 cm³/mol. The molecule has 0 amide bonds. The molecule has 1 saturated heterocycles. The molecule has 3 heteroatoms. The molecule has 0 saturated carbocycles. The summed E-state index contributed by atoms with van der Waals surface area (Å²) in [7, 11) is 0. The van der Waals surface area contributed by atoms with Crippen molar-refractivity contribution >= 4 is 0 Å². The van der Waals surface area contributed by atoms with Crippen molar-refractivity contribution in [3.8, 4) is 0 Å². The maximum Gasteiger partial charge on any atom is 0.127 e. The van der Waals surface area contributed by atoms with Gasteiger partial charge in [-0.2, -0.15) is 0 Å². The fourth-order valence-corrected chi connectivity index (χ4v) is 2.18. The molecular weight excluding hydrogens is 205 g/mol. The molecule has 1 fully saturated rings. The van der Waals surface area contributed by atoms with Crippen LogP contribution in [0, 0.1) is 5.82 Å². The van der Waals surface area contributed by atoms with Crippen molar-refractivity contribution in [3.63, 3.8) is 0 Å². The summed E-state index contributed by atoms with van der Waals surface area (Å²) < 4.78 is 19.0. The van der Waals surface area contributed by atoms with Crippen LogP contribution in [-0.4, -0.2) is 19.3 Å². The molecule has 1 aromatic rings. The summed E-state index contributed by atoms with van der Waals surface area (Å²) in [6, 6.07) is 7.13. The first-order valence-electron chi connectivity index (χ1n) is 5.72. The number of hydrogen-bond donors (Lipinski definition) is 1. The number of nitrogens with two attached hydrogens (primary N) is 1. The fraction of sp³-hybridized carbons (Fsp3) is 0.538. The zero-order chi connectivity index (χ0) is 11.6. The second kappa shape index (κ2) is 4.52. The lowest BCUT2D eigenvalue weighted by Gasteiger charge is -2.42. The number of halogens is 1. The second-order valence-electron chi connectivity index (χ2n) is 4.77. The van der Waals surface area contributed by atoms with E-state index >= 15 is 0 Å². The molecule has 1 aliphatic rings. The minimum absolute atomic E-state index is 0.129. The molecule has 1 heterocycles. The van der Waals surface area contributed by atoms with Crippen LogP contribution in [0.25, 0.3) is 0 Å². The van der Waals surface area contributed by atoms with Crippen molar-refractivity contribution < 1.29 is 9.13 Å². The van der Waals surface area contributed by atoms with Crippen molar-refractivity contribution in [1.82, 2.24) is 0 Å². The summed E-state index contributed by atoms with van der Waals surface area (Å²) in [6.07, 6.45) is 1.79. The number of ether oxygens (including phenoxy) is 1. The van der Waals surface area contributed by atoms with E-state index in [4.69, 9.17) is 10.5 Å². The Kier molecular flexibility index (Phi) is 3.26. The minimum atomic E-state index is -0.140. The van der Waals surface area contributed by atoms with Crippen LogP contribution < -0.4 is 5.73 Å². The predicted octanol–water partition coefficient (Wildman–Crippen LogP) is 2.22. The third-order valence-corrected chi connectivity index (χ3v) is 3.28. The van der Waals surface area contributed by atoms with Crippen LogP contribution in [0.2, 0.25) is 0 Å². The van der Waals surface area contributed by atoms with Crippen molar-refractivity contribution in [2.24, 2.45) is 5.73 Å². The van der Waals surface area contributed by atoms with E-state index in [1.54, 1.807) is 6.07 Å². The van der Waals surface area contributed by atoms with Gasteiger partial charge in [0.2, 0.25) is 0 Å². The monoisotopic (exact) mass is 223 g/mol. The first kappa shape index (κ1) is 11.6. The molecule has 0 spiro atoms. The molecule has 16 heavy (non-hydrogen) atoms. The van der Waals surface area contributed by atoms with Gasteiger partial charge in [0, 0.05) is 11.5 Å². The van der Waals surface area contributed by atoms with Gasteiger partial charge in [-0.3, -0.25) is 0 Å². The fourth-order valence-electron chi connectivity index (χ4n) is 2.18. The number of rotatable bonds is 4. The van der Waals surface area contributed by atoms with Crippen LogP contribution in [-0.2, 0) is 10.2 Å². The molecule has 0 aromatic heterocycles. The Balaban J connectivity index is 2.18. The molecule has 0 radical (unpaired) electrons. The number of benzene rings is 1. The summed E-state index contributed by atoms with van der Waals surface area (Å²) in [5.41, 5.74) is 6.40. The highest BCUT2D eigenvalue weighted by atomic mass is 19.1. The molecular formula is C13H18FNO. The first-order valence-corrected chi connectivity index (χ1v) is 5.72. The molecule has 1 atom stereocenters. The maximum atomic E-state index is 13.7. The molecule has 1 aliphatic heterocycles. The zero-order valence-electron chi connectivity index (χ0n) is 9.58. The highest BCUT2D eigenvalue weighted by Gasteiger charge is 2.41. The zero-order valence-corrected chi connectivity index (χ0v) is 9.58. The van der Waals surface area contributed by atoms with E-state index in [9.17, 15) is 4.39 Å². The van der Waals surface area contributed by atoms with E-state index in [0.717, 1.165) is 18.4 Å². The van der Waals surface area contributed by atoms with Crippen LogP contribution in [0.15, 0.2) is 24.3 Å². The summed E-state index contributed by atoms with van der Waals surface area (Å²) in [5.74, 6) is -0.129. The van der Waals surface area contributed by atoms with Crippen molar-refractivity contribution in [2.45, 2.75) is 31.2 Å². The molecule has 2 rings (SSSR count). The second-order valence-corrected chi connectivity index (χ2v) is 4.77. The van der Waals surface area contributed by atoms with Gasteiger partial charge >= 0.3 is 0 Å². The largest absolute Gasteiger partial charge is 0.379 e. The van der Waals surface area contributed by atoms with Gasteiger partial charge < -0.3 is 10.5 Å². The first-order chi connectivity index (χ1) is 7.64. The SMILES string of the molecule is CC(N)CCC1(c2ccccc2F)COC1. The average Bonchev–Trinajstić information content (AvgIpc) is 2.18. The lowest BCUT2D eigenvalue weighted by molar-refractivity contribution is -0.0672. The van der Waals surface area contributed by atoms with Gasteiger partial charge in [-0.05, 0) is 31.4 Å². The molecule has 0 aliphatic carbocycles. The minimum Gasteiger partial charge on any atom is -0.379 e. The van der Waals surface area contributed by atoms with Gasteiger partial charge in [-0.1, -0.05) is 18.2 Å². The van der Waals surface area contributed by atoms with Gasteiger partial charge in [0.1, 0.15) is 5.82 Å². The van der Waals surface area contributed by atoms with Crippen molar-refractivity contribution in [1.29, 1.82) is 0 Å². The number of hydrogen-bond acceptors (Lipinski definition) is 2. The van der Waals surface area contributed by atoms with Crippen molar-refractivity contribution in [2.75, 3.05) is 13.2 Å². The van der Waals surface area contributed by atoms with Crippen LogP contribution in [0.4, 0.5) is 4.39 Å². The lowest BCUT2D eigenvalue weighted by Crippen LogP contribution is -2.48. The Labute approximate surface area is 95.6 Å². The van der Waals surface area contributed by atoms with E-state index in [0.29, 0.717) is 13.2 Å². The Morgan fingerprint density at radius 2 is 2.12 bits per heavy atom. The maximum absolute atomic E-state index is 13.7. The highest BCUT2D eigenvalue weighted by molar-refractivity contribution is 5.29. The van der Waals surface area contributed by atoms with E-state index in [1.807, 2.05) is 19.1 Å². The lowest BCUT2D eigenvalue weighted by atomic mass is 9.74. The van der Waals surface area contributed by atoms with Crippen LogP contribution in [0.3, 0.4) is 0 Å². The average molecular weight is 223 g/mol. The Morgan fingerprint density at radius 1 is 1.44 bits per heavy atom. The summed E-state index contributed by atoms with van der Waals surface area (Å²) in [6.45, 7) is 3.20. The van der Waals surface area contributed by atoms with Gasteiger partial charge in [-0.25, -0.2) is 4.39 Å². The highest BCUT2D eigenvalue weighted by Crippen LogP contribution is 2.38. The summed E-state index contributed by atoms with van der Waals surface area (Å²) in [5, 5.41) is 0. The van der Waals surface area contributed by atoms with Gasteiger partial charge in [0.15, 0.2) is 0 Å². The van der Waals surface area contributed by atoms with Crippen LogP contribution >= 0.6 is 0 Å². The Morgan fingerprint density at radius 3 is 2.62 bits per heavy atom. The van der Waals surface area contributed by atoms with Gasteiger partial charge in [0.05, 0.1) is 13.2 Å². The van der Waals surface area contributed by atoms with E-state index < -0.39 is 0 Å². The summed E-state index contributed by atoms with van der Waals surface area (Å²) in [4.78, 5) is 0. The van der Waals surface area contributed by atoms with Crippen LogP contribution in [0.5, 0.6) is 0 Å². The van der Waals surface area contributed by atoms with E-state index in [2.05, 4.69) is 0 Å².